The van der Waals surface area contributed by atoms with E-state index in [1.54, 1.807) is 23.9 Å². The Bertz CT molecular complexity index is 1010. The zero-order valence-electron chi connectivity index (χ0n) is 15.3. The van der Waals surface area contributed by atoms with Gasteiger partial charge in [-0.25, -0.2) is 4.68 Å². The van der Waals surface area contributed by atoms with E-state index in [9.17, 15) is 4.79 Å². The van der Waals surface area contributed by atoms with Gasteiger partial charge in [-0.05, 0) is 55.3 Å². The maximum Gasteiger partial charge on any atom is 0.228 e. The van der Waals surface area contributed by atoms with Gasteiger partial charge in [0.05, 0.1) is 28.5 Å². The van der Waals surface area contributed by atoms with Gasteiger partial charge in [0.15, 0.2) is 0 Å². The zero-order valence-corrected chi connectivity index (χ0v) is 16.8. The molecule has 0 atom stereocenters. The molecule has 0 saturated heterocycles. The molecule has 1 aliphatic rings. The van der Waals surface area contributed by atoms with Crippen molar-refractivity contribution in [3.8, 4) is 22.7 Å². The fourth-order valence-corrected chi connectivity index (χ4v) is 3.38. The Labute approximate surface area is 173 Å². The van der Waals surface area contributed by atoms with E-state index in [4.69, 9.17) is 33.0 Å². The summed E-state index contributed by atoms with van der Waals surface area (Å²) in [7, 11) is 1.63. The molecule has 144 valence electrons. The summed E-state index contributed by atoms with van der Waals surface area (Å²) in [4.78, 5) is 12.5. The molecular formula is C21H19Cl2N3O2. The predicted molar refractivity (Wildman–Crippen MR) is 112 cm³/mol. The van der Waals surface area contributed by atoms with Crippen LogP contribution in [0.25, 0.3) is 16.9 Å². The van der Waals surface area contributed by atoms with Gasteiger partial charge < -0.3 is 10.1 Å². The minimum Gasteiger partial charge on any atom is -0.497 e. The minimum absolute atomic E-state index is 0.0220. The van der Waals surface area contributed by atoms with Crippen LogP contribution < -0.4 is 10.1 Å². The summed E-state index contributed by atoms with van der Waals surface area (Å²) < 4.78 is 6.89. The average molecular weight is 416 g/mol. The molecule has 4 rings (SSSR count). The number of halogens is 2. The second kappa shape index (κ2) is 7.86. The number of nitrogens with zero attached hydrogens (tertiary/aromatic N) is 2. The van der Waals surface area contributed by atoms with Crippen molar-refractivity contribution in [1.82, 2.24) is 9.78 Å². The molecule has 0 radical (unpaired) electrons. The van der Waals surface area contributed by atoms with E-state index in [0.29, 0.717) is 15.9 Å². The van der Waals surface area contributed by atoms with Crippen LogP contribution in [0.15, 0.2) is 48.5 Å². The van der Waals surface area contributed by atoms with E-state index in [2.05, 4.69) is 5.32 Å². The lowest BCUT2D eigenvalue weighted by molar-refractivity contribution is -0.122. The molecule has 5 nitrogen and oxygen atoms in total. The Hall–Kier alpha value is -2.50. The molecule has 2 aromatic carbocycles. The Balaban J connectivity index is 1.73. The maximum atomic E-state index is 12.5. The fraction of sp³-hybridized carbons (Fsp3) is 0.238. The van der Waals surface area contributed by atoms with Crippen molar-refractivity contribution in [1.29, 1.82) is 0 Å². The molecule has 1 N–H and O–H groups in total. The van der Waals surface area contributed by atoms with Crippen LogP contribution in [0.1, 0.15) is 19.3 Å². The van der Waals surface area contributed by atoms with Crippen LogP contribution in [-0.2, 0) is 4.79 Å². The van der Waals surface area contributed by atoms with Crippen LogP contribution >= 0.6 is 23.2 Å². The first-order valence-electron chi connectivity index (χ1n) is 9.06. The van der Waals surface area contributed by atoms with E-state index < -0.39 is 0 Å². The van der Waals surface area contributed by atoms with E-state index >= 15 is 0 Å². The fourth-order valence-electron chi connectivity index (χ4n) is 3.09. The van der Waals surface area contributed by atoms with Gasteiger partial charge in [-0.3, -0.25) is 4.79 Å². The molecule has 7 heteroatoms. The molecule has 0 bridgehead atoms. The molecule has 1 amide bonds. The minimum atomic E-state index is 0.0220. The van der Waals surface area contributed by atoms with Gasteiger partial charge in [-0.15, -0.1) is 0 Å². The number of amides is 1. The largest absolute Gasteiger partial charge is 0.497 e. The summed E-state index contributed by atoms with van der Waals surface area (Å²) in [5, 5.41) is 8.60. The molecule has 0 spiro atoms. The number of hydrogen-bond acceptors (Lipinski definition) is 3. The normalized spacial score (nSPS) is 13.8. The van der Waals surface area contributed by atoms with Gasteiger partial charge >= 0.3 is 0 Å². The Morgan fingerprint density at radius 1 is 1.11 bits per heavy atom. The van der Waals surface area contributed by atoms with E-state index in [-0.39, 0.29) is 11.8 Å². The van der Waals surface area contributed by atoms with Gasteiger partial charge in [0.2, 0.25) is 5.91 Å². The summed E-state index contributed by atoms with van der Waals surface area (Å²) in [5.41, 5.74) is 2.37. The van der Waals surface area contributed by atoms with Crippen molar-refractivity contribution in [2.24, 2.45) is 5.92 Å². The SMILES string of the molecule is COc1ccc(-c2cc(NC(=O)C3CCC3)n(-c3ccc(Cl)c(Cl)c3)n2)cc1. The number of methoxy groups -OCH3 is 1. The molecule has 0 unspecified atom stereocenters. The zero-order chi connectivity index (χ0) is 19.7. The number of rotatable bonds is 5. The van der Waals surface area contributed by atoms with Crippen LogP contribution in [0, 0.1) is 5.92 Å². The van der Waals surface area contributed by atoms with Crippen LogP contribution in [0.4, 0.5) is 5.82 Å². The number of anilines is 1. The highest BCUT2D eigenvalue weighted by atomic mass is 35.5. The molecule has 1 aliphatic carbocycles. The Kier molecular flexibility index (Phi) is 5.29. The standard InChI is InChI=1S/C21H19Cl2N3O2/c1-28-16-8-5-13(6-9-16)19-12-20(24-21(27)14-3-2-4-14)26(25-19)15-7-10-17(22)18(23)11-15/h5-12,14H,2-4H2,1H3,(H,24,27). The van der Waals surface area contributed by atoms with E-state index in [1.165, 1.54) is 0 Å². The number of carbonyl (C=O) groups is 1. The highest BCUT2D eigenvalue weighted by molar-refractivity contribution is 6.42. The van der Waals surface area contributed by atoms with Gasteiger partial charge in [0.25, 0.3) is 0 Å². The highest BCUT2D eigenvalue weighted by Crippen LogP contribution is 2.31. The third-order valence-corrected chi connectivity index (χ3v) is 5.71. The van der Waals surface area contributed by atoms with E-state index in [0.717, 1.165) is 42.0 Å². The molecule has 1 saturated carbocycles. The van der Waals surface area contributed by atoms with E-state index in [1.807, 2.05) is 36.4 Å². The third-order valence-electron chi connectivity index (χ3n) is 4.97. The summed E-state index contributed by atoms with van der Waals surface area (Å²) in [6.07, 6.45) is 2.96. The molecule has 1 fully saturated rings. The summed E-state index contributed by atoms with van der Waals surface area (Å²) >= 11 is 12.2. The molecule has 1 aromatic heterocycles. The summed E-state index contributed by atoms with van der Waals surface area (Å²) in [6, 6.07) is 14.7. The van der Waals surface area contributed by atoms with Crippen LogP contribution in [0.3, 0.4) is 0 Å². The second-order valence-electron chi connectivity index (χ2n) is 6.77. The number of ether oxygens (including phenoxy) is 1. The summed E-state index contributed by atoms with van der Waals surface area (Å²) in [5.74, 6) is 1.46. The van der Waals surface area contributed by atoms with Crippen LogP contribution in [-0.4, -0.2) is 22.8 Å². The molecule has 0 aliphatic heterocycles. The second-order valence-corrected chi connectivity index (χ2v) is 7.59. The lowest BCUT2D eigenvalue weighted by Gasteiger charge is -2.24. The van der Waals surface area contributed by atoms with Crippen molar-refractivity contribution in [2.45, 2.75) is 19.3 Å². The van der Waals surface area contributed by atoms with Crippen LogP contribution in [0.2, 0.25) is 10.0 Å². The topological polar surface area (TPSA) is 56.1 Å². The highest BCUT2D eigenvalue weighted by Gasteiger charge is 2.26. The summed E-state index contributed by atoms with van der Waals surface area (Å²) in [6.45, 7) is 0. The number of benzene rings is 2. The Morgan fingerprint density at radius 3 is 2.46 bits per heavy atom. The molecule has 1 heterocycles. The van der Waals surface area contributed by atoms with Crippen molar-refractivity contribution >= 4 is 34.9 Å². The lowest BCUT2D eigenvalue weighted by Crippen LogP contribution is -2.28. The van der Waals surface area contributed by atoms with Crippen molar-refractivity contribution < 1.29 is 9.53 Å². The quantitative estimate of drug-likeness (QED) is 0.590. The lowest BCUT2D eigenvalue weighted by atomic mass is 9.85. The molecular weight excluding hydrogens is 397 g/mol. The smallest absolute Gasteiger partial charge is 0.228 e. The van der Waals surface area contributed by atoms with Crippen LogP contribution in [0.5, 0.6) is 5.75 Å². The predicted octanol–water partition coefficient (Wildman–Crippen LogP) is 5.59. The monoisotopic (exact) mass is 415 g/mol. The number of nitrogens with one attached hydrogen (secondary N) is 1. The van der Waals surface area contributed by atoms with Gasteiger partial charge in [-0.2, -0.15) is 5.10 Å². The Morgan fingerprint density at radius 2 is 1.86 bits per heavy atom. The number of aromatic nitrogens is 2. The number of carbonyl (C=O) groups excluding carboxylic acids is 1. The first-order valence-corrected chi connectivity index (χ1v) is 9.81. The van der Waals surface area contributed by atoms with Crippen molar-refractivity contribution in [3.05, 3.63) is 58.6 Å². The first-order chi connectivity index (χ1) is 13.5. The molecule has 3 aromatic rings. The average Bonchev–Trinajstić information content (AvgIpc) is 3.06. The van der Waals surface area contributed by atoms with Gasteiger partial charge in [0, 0.05) is 17.5 Å². The maximum absolute atomic E-state index is 12.5. The van der Waals surface area contributed by atoms with Gasteiger partial charge in [0.1, 0.15) is 11.6 Å². The molecule has 28 heavy (non-hydrogen) atoms. The first kappa shape index (κ1) is 18.8. The third kappa shape index (κ3) is 3.73. The van der Waals surface area contributed by atoms with Crippen molar-refractivity contribution in [3.63, 3.8) is 0 Å². The van der Waals surface area contributed by atoms with Gasteiger partial charge in [-0.1, -0.05) is 29.6 Å². The van der Waals surface area contributed by atoms with Crippen molar-refractivity contribution in [2.75, 3.05) is 12.4 Å². The number of hydrogen-bond donors (Lipinski definition) is 1.